The molecule has 2 bridgehead atoms. The Hall–Kier alpha value is -6.97. The van der Waals surface area contributed by atoms with Crippen LogP contribution in [0.15, 0.2) is 115 Å². The van der Waals surface area contributed by atoms with Gasteiger partial charge in [0.15, 0.2) is 5.78 Å². The molecule has 0 aliphatic carbocycles. The number of carbonyl (C=O) groups excluding carboxylic acids is 7. The van der Waals surface area contributed by atoms with E-state index in [9.17, 15) is 33.6 Å². The van der Waals surface area contributed by atoms with Gasteiger partial charge in [0.2, 0.25) is 35.4 Å². The lowest BCUT2D eigenvalue weighted by Crippen LogP contribution is -2.58. The summed E-state index contributed by atoms with van der Waals surface area (Å²) < 4.78 is 5.37. The third-order valence-corrected chi connectivity index (χ3v) is 11.9. The quantitative estimate of drug-likeness (QED) is 0.0909. The highest BCUT2D eigenvalue weighted by atomic mass is 16.5. The van der Waals surface area contributed by atoms with Crippen LogP contribution >= 0.6 is 0 Å². The molecule has 3 atom stereocenters. The third-order valence-electron chi connectivity index (χ3n) is 11.9. The predicted molar refractivity (Wildman–Crippen MR) is 249 cm³/mol. The predicted octanol–water partition coefficient (Wildman–Crippen LogP) is 2.95. The molecular formula is C51H59N7O8. The fraction of sp³-hybridized carbons (Fsp3) is 0.353. The molecule has 0 saturated carbocycles. The second-order valence-electron chi connectivity index (χ2n) is 16.8. The summed E-state index contributed by atoms with van der Waals surface area (Å²) in [5, 5.41) is 14.4. The van der Waals surface area contributed by atoms with Crippen LogP contribution in [0.3, 0.4) is 0 Å². The summed E-state index contributed by atoms with van der Waals surface area (Å²) in [6.45, 7) is 3.01. The highest BCUT2D eigenvalue weighted by Crippen LogP contribution is 2.35. The molecule has 2 aliphatic heterocycles. The number of nitrogens with one attached hydrogen (secondary N) is 5. The van der Waals surface area contributed by atoms with Gasteiger partial charge in [0.05, 0.1) is 25.0 Å². The molecule has 6 amide bonds. The van der Waals surface area contributed by atoms with Crippen molar-refractivity contribution in [1.82, 2.24) is 31.5 Å². The largest absolute Gasteiger partial charge is 0.378 e. The topological polar surface area (TPSA) is 218 Å². The molecule has 15 heteroatoms. The van der Waals surface area contributed by atoms with Crippen LogP contribution in [0.25, 0.3) is 11.1 Å². The number of benzene rings is 4. The minimum absolute atomic E-state index is 0.00634. The average Bonchev–Trinajstić information content (AvgIpc) is 3.32. The summed E-state index contributed by atoms with van der Waals surface area (Å²) in [6.07, 6.45) is 3.57. The number of ketones is 1. The minimum Gasteiger partial charge on any atom is -0.378 e. The Morgan fingerprint density at radius 2 is 1.58 bits per heavy atom. The Morgan fingerprint density at radius 1 is 0.818 bits per heavy atom. The second-order valence-corrected chi connectivity index (χ2v) is 16.8. The van der Waals surface area contributed by atoms with E-state index in [-0.39, 0.29) is 63.7 Å². The molecule has 2 aliphatic rings. The lowest BCUT2D eigenvalue weighted by atomic mass is 9.74. The van der Waals surface area contributed by atoms with E-state index >= 15 is 0 Å². The first-order valence-electron chi connectivity index (χ1n) is 22.4. The Balaban J connectivity index is 1.31. The number of ether oxygens (including phenoxy) is 1. The number of amides is 6. The van der Waals surface area contributed by atoms with Crippen molar-refractivity contribution < 1.29 is 38.3 Å². The zero-order chi connectivity index (χ0) is 46.9. The Morgan fingerprint density at radius 3 is 2.33 bits per heavy atom. The standard InChI is InChI=1S/C51H59N7O8/c1-35(59)39-13-7-14-40(30-39)38-17-15-36(16-18-38)29-44-49(64)55-33-42-12-6-5-11-41(42)31-46(61)56-43(48(63)54-25-28-66-27-23-52)21-24-53-45(60)19-20-47(62)58-26-8-22-51(34-58,50(65)57-44)32-37-9-3-2-4-10-37/h2-7,9-20,30,43-44H,8,21-29,31-34,52H2,1H3,(H,53,60)(H,54,63)(H,55,64)(H,56,61)(H,57,65)/b20-19+/t43-,44-,51-/m0/s1. The fourth-order valence-electron chi connectivity index (χ4n) is 8.32. The Kier molecular flexibility index (Phi) is 17.5. The van der Waals surface area contributed by atoms with E-state index in [4.69, 9.17) is 10.5 Å². The van der Waals surface area contributed by atoms with Gasteiger partial charge in [-0.15, -0.1) is 0 Å². The molecule has 4 aromatic rings. The van der Waals surface area contributed by atoms with Gasteiger partial charge in [0.25, 0.3) is 0 Å². The van der Waals surface area contributed by atoms with Crippen LogP contribution in [0.1, 0.15) is 58.8 Å². The van der Waals surface area contributed by atoms with E-state index in [0.717, 1.165) is 28.3 Å². The molecule has 6 rings (SSSR count). The molecule has 1 fully saturated rings. The van der Waals surface area contributed by atoms with Crippen LogP contribution in [-0.4, -0.2) is 104 Å². The molecular weight excluding hydrogens is 839 g/mol. The number of fused-ring (bicyclic) bond motifs is 3. The molecule has 1 saturated heterocycles. The smallest absolute Gasteiger partial charge is 0.246 e. The number of nitrogens with zero attached hydrogens (tertiary/aromatic N) is 1. The van der Waals surface area contributed by atoms with Crippen molar-refractivity contribution in [1.29, 1.82) is 0 Å². The third kappa shape index (κ3) is 13.8. The van der Waals surface area contributed by atoms with Crippen LogP contribution in [0.2, 0.25) is 0 Å². The van der Waals surface area contributed by atoms with E-state index < -0.39 is 47.0 Å². The number of hydrogen-bond donors (Lipinski definition) is 6. The molecule has 0 spiro atoms. The van der Waals surface area contributed by atoms with E-state index in [0.29, 0.717) is 55.6 Å². The van der Waals surface area contributed by atoms with Crippen molar-refractivity contribution >= 4 is 41.2 Å². The van der Waals surface area contributed by atoms with Crippen LogP contribution in [0, 0.1) is 5.41 Å². The molecule has 4 aromatic carbocycles. The summed E-state index contributed by atoms with van der Waals surface area (Å²) in [7, 11) is 0. The van der Waals surface area contributed by atoms with Crippen LogP contribution in [0.5, 0.6) is 0 Å². The van der Waals surface area contributed by atoms with Gasteiger partial charge in [-0.1, -0.05) is 97.1 Å². The lowest BCUT2D eigenvalue weighted by Gasteiger charge is -2.42. The van der Waals surface area contributed by atoms with Gasteiger partial charge >= 0.3 is 0 Å². The minimum atomic E-state index is -1.13. The van der Waals surface area contributed by atoms with Gasteiger partial charge in [-0.05, 0) is 72.1 Å². The number of piperidine rings is 1. The molecule has 0 unspecified atom stereocenters. The maximum Gasteiger partial charge on any atom is 0.246 e. The Labute approximate surface area is 385 Å². The first-order chi connectivity index (χ1) is 31.9. The van der Waals surface area contributed by atoms with E-state index in [2.05, 4.69) is 26.6 Å². The van der Waals surface area contributed by atoms with Crippen LogP contribution in [0.4, 0.5) is 0 Å². The van der Waals surface area contributed by atoms with Crippen LogP contribution < -0.4 is 32.3 Å². The van der Waals surface area contributed by atoms with Crippen LogP contribution in [-0.2, 0) is 59.3 Å². The fourth-order valence-corrected chi connectivity index (χ4v) is 8.32. The maximum atomic E-state index is 14.9. The number of rotatable bonds is 12. The van der Waals surface area contributed by atoms with Crippen molar-refractivity contribution in [3.05, 3.63) is 143 Å². The molecule has 346 valence electrons. The SMILES string of the molecule is CC(=O)c1cccc(-c2ccc(C[C@@H]3NC(=O)[C@]4(Cc5ccccc5)CCCN(C4)C(=O)/C=C/C(=O)NCC[C@@H](C(=O)NCCOCCN)NC(=O)Cc4ccccc4CNC3=O)cc2)c1. The average molecular weight is 898 g/mol. The molecule has 0 aromatic heterocycles. The van der Waals surface area contributed by atoms with Gasteiger partial charge in [0.1, 0.15) is 12.1 Å². The van der Waals surface area contributed by atoms with Gasteiger partial charge in [0, 0.05) is 63.4 Å². The van der Waals surface area contributed by atoms with Crippen molar-refractivity contribution in [2.75, 3.05) is 45.9 Å². The van der Waals surface area contributed by atoms with Crippen molar-refractivity contribution in [3.63, 3.8) is 0 Å². The first kappa shape index (κ1) is 48.5. The maximum absolute atomic E-state index is 14.9. The zero-order valence-corrected chi connectivity index (χ0v) is 37.3. The zero-order valence-electron chi connectivity index (χ0n) is 37.3. The van der Waals surface area contributed by atoms with Crippen molar-refractivity contribution in [2.45, 2.75) is 64.1 Å². The summed E-state index contributed by atoms with van der Waals surface area (Å²) in [5.41, 5.74) is 9.61. The van der Waals surface area contributed by atoms with E-state index in [1.54, 1.807) is 35.2 Å². The highest BCUT2D eigenvalue weighted by Gasteiger charge is 2.44. The van der Waals surface area contributed by atoms with Crippen molar-refractivity contribution in [2.24, 2.45) is 11.1 Å². The van der Waals surface area contributed by atoms with Gasteiger partial charge in [-0.3, -0.25) is 33.6 Å². The first-order valence-corrected chi connectivity index (χ1v) is 22.4. The molecule has 7 N–H and O–H groups in total. The number of carbonyl (C=O) groups is 7. The van der Waals surface area contributed by atoms with E-state index in [1.165, 1.54) is 13.0 Å². The second kappa shape index (κ2) is 23.8. The normalized spacial score (nSPS) is 20.5. The number of nitrogens with two attached hydrogens (primary N) is 1. The highest BCUT2D eigenvalue weighted by molar-refractivity contribution is 5.98. The van der Waals surface area contributed by atoms with Gasteiger partial charge in [-0.25, -0.2) is 0 Å². The molecule has 15 nitrogen and oxygen atoms in total. The monoisotopic (exact) mass is 897 g/mol. The van der Waals surface area contributed by atoms with Crippen molar-refractivity contribution in [3.8, 4) is 11.1 Å². The molecule has 2 heterocycles. The number of Topliss-reactive ketones (excluding diaryl/α,β-unsaturated/α-hetero) is 1. The summed E-state index contributed by atoms with van der Waals surface area (Å²) in [4.78, 5) is 96.6. The van der Waals surface area contributed by atoms with Gasteiger partial charge < -0.3 is 42.0 Å². The van der Waals surface area contributed by atoms with E-state index in [1.807, 2.05) is 72.8 Å². The molecule has 66 heavy (non-hydrogen) atoms. The number of hydrogen-bond acceptors (Lipinski definition) is 9. The summed E-state index contributed by atoms with van der Waals surface area (Å²) >= 11 is 0. The molecule has 0 radical (unpaired) electrons. The summed E-state index contributed by atoms with van der Waals surface area (Å²) in [5.74, 6) is -2.84. The summed E-state index contributed by atoms with van der Waals surface area (Å²) in [6, 6.07) is 29.5. The van der Waals surface area contributed by atoms with Gasteiger partial charge in [-0.2, -0.15) is 0 Å². The Bertz CT molecular complexity index is 2390. The lowest BCUT2D eigenvalue weighted by molar-refractivity contribution is -0.141.